The van der Waals surface area contributed by atoms with Crippen LogP contribution in [0.2, 0.25) is 0 Å². The van der Waals surface area contributed by atoms with E-state index in [1.54, 1.807) is 19.2 Å². The maximum atomic E-state index is 12.8. The molecule has 4 rings (SSSR count). The zero-order valence-electron chi connectivity index (χ0n) is 17.3. The van der Waals surface area contributed by atoms with Gasteiger partial charge in [0.25, 0.3) is 11.8 Å². The second-order valence-corrected chi connectivity index (χ2v) is 8.30. The van der Waals surface area contributed by atoms with Gasteiger partial charge in [-0.3, -0.25) is 14.6 Å². The maximum absolute atomic E-state index is 12.8. The fourth-order valence-corrected chi connectivity index (χ4v) is 4.18. The second-order valence-electron chi connectivity index (χ2n) is 8.30. The Morgan fingerprint density at radius 2 is 1.93 bits per heavy atom. The van der Waals surface area contributed by atoms with Gasteiger partial charge in [0.05, 0.1) is 11.3 Å². The van der Waals surface area contributed by atoms with Crippen molar-refractivity contribution in [3.05, 3.63) is 46.6 Å². The first kappa shape index (κ1) is 19.6. The van der Waals surface area contributed by atoms with E-state index < -0.39 is 0 Å². The highest BCUT2D eigenvalue weighted by atomic mass is 16.5. The molecular weight excluding hydrogens is 368 g/mol. The molecule has 0 radical (unpaired) electrons. The summed E-state index contributed by atoms with van der Waals surface area (Å²) in [6.07, 6.45) is 5.58. The number of rotatable bonds is 5. The van der Waals surface area contributed by atoms with Crippen LogP contribution < -0.4 is 5.32 Å². The van der Waals surface area contributed by atoms with Gasteiger partial charge >= 0.3 is 0 Å². The predicted octanol–water partition coefficient (Wildman–Crippen LogP) is 3.23. The molecule has 1 N–H and O–H groups in total. The molecule has 2 fully saturated rings. The fraction of sp³-hybridized carbons (Fsp3) is 0.545. The lowest BCUT2D eigenvalue weighted by atomic mass is 9.89. The van der Waals surface area contributed by atoms with Crippen LogP contribution in [-0.4, -0.2) is 46.0 Å². The van der Waals surface area contributed by atoms with Gasteiger partial charge in [-0.15, -0.1) is 0 Å². The molecule has 1 saturated heterocycles. The summed E-state index contributed by atoms with van der Waals surface area (Å²) in [5, 5.41) is 7.25. The third-order valence-electron chi connectivity index (χ3n) is 6.21. The molecule has 2 aromatic rings. The van der Waals surface area contributed by atoms with Crippen LogP contribution in [0.15, 0.2) is 22.9 Å². The molecule has 3 heterocycles. The molecule has 7 nitrogen and oxygen atoms in total. The minimum Gasteiger partial charge on any atom is -0.361 e. The minimum atomic E-state index is -0.0948. The normalized spacial score (nSPS) is 18.5. The summed E-state index contributed by atoms with van der Waals surface area (Å²) in [6, 6.07) is 3.66. The average Bonchev–Trinajstić information content (AvgIpc) is 3.49. The number of pyridine rings is 1. The molecule has 0 bridgehead atoms. The van der Waals surface area contributed by atoms with Crippen molar-refractivity contribution in [2.45, 2.75) is 58.4 Å². The second kappa shape index (κ2) is 7.97. The third kappa shape index (κ3) is 4.04. The number of hydrogen-bond donors (Lipinski definition) is 1. The molecule has 1 atom stereocenters. The highest BCUT2D eigenvalue weighted by Gasteiger charge is 2.35. The van der Waals surface area contributed by atoms with E-state index in [2.05, 4.69) is 15.5 Å². The summed E-state index contributed by atoms with van der Waals surface area (Å²) >= 11 is 0. The lowest BCUT2D eigenvalue weighted by Gasteiger charge is -2.35. The Kier molecular flexibility index (Phi) is 5.39. The molecule has 154 valence electrons. The molecule has 2 amide bonds. The quantitative estimate of drug-likeness (QED) is 0.838. The van der Waals surface area contributed by atoms with E-state index in [-0.39, 0.29) is 17.9 Å². The van der Waals surface area contributed by atoms with Gasteiger partial charge < -0.3 is 14.7 Å². The zero-order chi connectivity index (χ0) is 20.5. The maximum Gasteiger partial charge on any atom is 0.257 e. The van der Waals surface area contributed by atoms with Gasteiger partial charge in [-0.1, -0.05) is 5.16 Å². The molecule has 0 unspecified atom stereocenters. The Labute approximate surface area is 170 Å². The number of carbonyl (C=O) groups excluding carboxylic acids is 2. The molecule has 29 heavy (non-hydrogen) atoms. The van der Waals surface area contributed by atoms with E-state index in [1.165, 1.54) is 0 Å². The Hall–Kier alpha value is -2.70. The topological polar surface area (TPSA) is 88.3 Å². The monoisotopic (exact) mass is 396 g/mol. The lowest BCUT2D eigenvalue weighted by Crippen LogP contribution is -2.45. The first-order valence-corrected chi connectivity index (χ1v) is 10.4. The molecule has 1 aliphatic heterocycles. The van der Waals surface area contributed by atoms with Crippen LogP contribution in [0, 0.1) is 19.8 Å². The number of aryl methyl sites for hydroxylation is 2. The first-order valence-electron chi connectivity index (χ1n) is 10.4. The Morgan fingerprint density at radius 3 is 2.59 bits per heavy atom. The van der Waals surface area contributed by atoms with Crippen molar-refractivity contribution >= 4 is 11.8 Å². The minimum absolute atomic E-state index is 0.0289. The van der Waals surface area contributed by atoms with Crippen LogP contribution in [0.4, 0.5) is 0 Å². The van der Waals surface area contributed by atoms with Crippen molar-refractivity contribution < 1.29 is 14.1 Å². The van der Waals surface area contributed by atoms with Gasteiger partial charge in [0.15, 0.2) is 0 Å². The van der Waals surface area contributed by atoms with Crippen molar-refractivity contribution in [3.63, 3.8) is 0 Å². The molecule has 2 aliphatic rings. The lowest BCUT2D eigenvalue weighted by molar-refractivity contribution is 0.0662. The predicted molar refractivity (Wildman–Crippen MR) is 108 cm³/mol. The summed E-state index contributed by atoms with van der Waals surface area (Å²) in [5.74, 6) is 1.24. The average molecular weight is 396 g/mol. The highest BCUT2D eigenvalue weighted by Crippen LogP contribution is 2.41. The van der Waals surface area contributed by atoms with Crippen LogP contribution in [0.25, 0.3) is 0 Å². The van der Waals surface area contributed by atoms with Gasteiger partial charge in [-0.25, -0.2) is 0 Å². The fourth-order valence-electron chi connectivity index (χ4n) is 4.18. The standard InChI is InChI=1S/C22H28N4O3/c1-13(24-21(27)19-15(3)29-25-20(19)17-6-7-17)16-8-11-26(12-9-16)22(28)18-5-4-10-23-14(18)2/h4-5,10,13,16-17H,6-9,11-12H2,1-3H3,(H,24,27)/t13-/m1/s1. The van der Waals surface area contributed by atoms with E-state index in [0.717, 1.165) is 37.1 Å². The van der Waals surface area contributed by atoms with Crippen molar-refractivity contribution in [2.24, 2.45) is 5.92 Å². The molecule has 1 saturated carbocycles. The summed E-state index contributed by atoms with van der Waals surface area (Å²) in [4.78, 5) is 31.7. The summed E-state index contributed by atoms with van der Waals surface area (Å²) in [6.45, 7) is 7.09. The van der Waals surface area contributed by atoms with Gasteiger partial charge in [0, 0.05) is 36.9 Å². The number of amides is 2. The number of piperidine rings is 1. The number of aromatic nitrogens is 2. The van der Waals surface area contributed by atoms with Crippen molar-refractivity contribution in [1.29, 1.82) is 0 Å². The van der Waals surface area contributed by atoms with E-state index in [1.807, 2.05) is 24.8 Å². The van der Waals surface area contributed by atoms with Crippen LogP contribution in [0.3, 0.4) is 0 Å². The van der Waals surface area contributed by atoms with Crippen LogP contribution >= 0.6 is 0 Å². The van der Waals surface area contributed by atoms with Crippen molar-refractivity contribution in [3.8, 4) is 0 Å². The number of carbonyl (C=O) groups is 2. The molecule has 0 aromatic carbocycles. The van der Waals surface area contributed by atoms with Gasteiger partial charge in [-0.05, 0) is 64.5 Å². The van der Waals surface area contributed by atoms with Crippen LogP contribution in [0.5, 0.6) is 0 Å². The number of nitrogens with one attached hydrogen (secondary N) is 1. The summed E-state index contributed by atoms with van der Waals surface area (Å²) < 4.78 is 5.28. The Balaban J connectivity index is 1.34. The van der Waals surface area contributed by atoms with E-state index in [4.69, 9.17) is 4.52 Å². The number of likely N-dealkylation sites (tertiary alicyclic amines) is 1. The largest absolute Gasteiger partial charge is 0.361 e. The number of hydrogen-bond acceptors (Lipinski definition) is 5. The third-order valence-corrected chi connectivity index (χ3v) is 6.21. The van der Waals surface area contributed by atoms with Gasteiger partial charge in [0.2, 0.25) is 0 Å². The molecule has 0 spiro atoms. The van der Waals surface area contributed by atoms with Gasteiger partial charge in [0.1, 0.15) is 11.3 Å². The Morgan fingerprint density at radius 1 is 1.21 bits per heavy atom. The van der Waals surface area contributed by atoms with Crippen LogP contribution in [-0.2, 0) is 0 Å². The summed E-state index contributed by atoms with van der Waals surface area (Å²) in [5.41, 5.74) is 2.84. The molecule has 2 aromatic heterocycles. The van der Waals surface area contributed by atoms with Crippen molar-refractivity contribution in [2.75, 3.05) is 13.1 Å². The highest BCUT2D eigenvalue weighted by molar-refractivity contribution is 5.96. The SMILES string of the molecule is Cc1ncccc1C(=O)N1CCC([C@@H](C)NC(=O)c2c(C3CC3)noc2C)CC1. The van der Waals surface area contributed by atoms with Crippen molar-refractivity contribution in [1.82, 2.24) is 20.4 Å². The number of nitrogens with zero attached hydrogens (tertiary/aromatic N) is 3. The van der Waals surface area contributed by atoms with Crippen LogP contribution in [0.1, 0.15) is 76.4 Å². The smallest absolute Gasteiger partial charge is 0.257 e. The van der Waals surface area contributed by atoms with E-state index in [0.29, 0.717) is 41.8 Å². The van der Waals surface area contributed by atoms with E-state index >= 15 is 0 Å². The molecule has 1 aliphatic carbocycles. The van der Waals surface area contributed by atoms with Gasteiger partial charge in [-0.2, -0.15) is 0 Å². The van der Waals surface area contributed by atoms with E-state index in [9.17, 15) is 9.59 Å². The molecular formula is C22H28N4O3. The summed E-state index contributed by atoms with van der Waals surface area (Å²) in [7, 11) is 0. The zero-order valence-corrected chi connectivity index (χ0v) is 17.3. The molecule has 7 heteroatoms. The first-order chi connectivity index (χ1) is 14.0. The Bertz CT molecular complexity index is 911.